The van der Waals surface area contributed by atoms with Gasteiger partial charge in [0, 0.05) is 23.6 Å². The standard InChI is InChI=1S/C22H31NO3/c1-13-9-14(2)19(15(3)10-13)20(24)16-11-17-7-8-18(12-16)23(17)21(25)26-22(4,5)6/h9-10,16-18H,7-8,11-12H2,1-6H3. The second-order valence-corrected chi connectivity index (χ2v) is 9.08. The van der Waals surface area contributed by atoms with E-state index in [1.165, 1.54) is 5.56 Å². The molecule has 3 rings (SSSR count). The highest BCUT2D eigenvalue weighted by atomic mass is 16.6. The van der Waals surface area contributed by atoms with E-state index in [9.17, 15) is 9.59 Å². The minimum atomic E-state index is -0.487. The van der Waals surface area contributed by atoms with Crippen LogP contribution in [0.3, 0.4) is 0 Å². The minimum Gasteiger partial charge on any atom is -0.444 e. The van der Waals surface area contributed by atoms with Crippen molar-refractivity contribution < 1.29 is 14.3 Å². The highest BCUT2D eigenvalue weighted by Crippen LogP contribution is 2.41. The van der Waals surface area contributed by atoms with Gasteiger partial charge in [0.15, 0.2) is 5.78 Å². The molecule has 2 saturated heterocycles. The largest absolute Gasteiger partial charge is 0.444 e. The number of ether oxygens (including phenoxy) is 1. The third kappa shape index (κ3) is 3.65. The van der Waals surface area contributed by atoms with E-state index in [4.69, 9.17) is 4.74 Å². The number of amides is 1. The van der Waals surface area contributed by atoms with Crippen molar-refractivity contribution in [2.45, 2.75) is 84.9 Å². The quantitative estimate of drug-likeness (QED) is 0.702. The molecule has 0 radical (unpaired) electrons. The monoisotopic (exact) mass is 357 g/mol. The first-order valence-corrected chi connectivity index (χ1v) is 9.70. The lowest BCUT2D eigenvalue weighted by atomic mass is 9.82. The third-order valence-corrected chi connectivity index (χ3v) is 5.63. The maximum Gasteiger partial charge on any atom is 0.410 e. The van der Waals surface area contributed by atoms with Crippen molar-refractivity contribution in [3.8, 4) is 0 Å². The van der Waals surface area contributed by atoms with E-state index in [1.54, 1.807) is 0 Å². The van der Waals surface area contributed by atoms with Crippen molar-refractivity contribution in [2.75, 3.05) is 0 Å². The van der Waals surface area contributed by atoms with Gasteiger partial charge < -0.3 is 9.64 Å². The lowest BCUT2D eigenvalue weighted by Gasteiger charge is -2.39. The van der Waals surface area contributed by atoms with Crippen LogP contribution in [-0.4, -0.2) is 34.5 Å². The first kappa shape index (κ1) is 18.9. The summed E-state index contributed by atoms with van der Waals surface area (Å²) in [6, 6.07) is 4.43. The summed E-state index contributed by atoms with van der Waals surface area (Å²) in [5.41, 5.74) is 3.71. The van der Waals surface area contributed by atoms with Gasteiger partial charge in [0.1, 0.15) is 5.60 Å². The molecule has 4 nitrogen and oxygen atoms in total. The summed E-state index contributed by atoms with van der Waals surface area (Å²) in [6.07, 6.45) is 3.22. The molecule has 2 atom stereocenters. The average Bonchev–Trinajstić information content (AvgIpc) is 2.75. The van der Waals surface area contributed by atoms with Gasteiger partial charge in [-0.2, -0.15) is 0 Å². The van der Waals surface area contributed by atoms with Gasteiger partial charge in [0.2, 0.25) is 0 Å². The molecular formula is C22H31NO3. The van der Waals surface area contributed by atoms with E-state index >= 15 is 0 Å². The van der Waals surface area contributed by atoms with E-state index in [0.717, 1.165) is 42.4 Å². The van der Waals surface area contributed by atoms with Gasteiger partial charge in [0.25, 0.3) is 0 Å². The van der Waals surface area contributed by atoms with Gasteiger partial charge in [-0.25, -0.2) is 4.79 Å². The molecule has 2 aliphatic heterocycles. The lowest BCUT2D eigenvalue weighted by molar-refractivity contribution is 0.00252. The van der Waals surface area contributed by atoms with Gasteiger partial charge in [-0.1, -0.05) is 17.7 Å². The van der Waals surface area contributed by atoms with E-state index in [0.29, 0.717) is 0 Å². The van der Waals surface area contributed by atoms with Crippen LogP contribution in [0.4, 0.5) is 4.79 Å². The molecule has 142 valence electrons. The third-order valence-electron chi connectivity index (χ3n) is 5.63. The molecule has 1 amide bonds. The van der Waals surface area contributed by atoms with Gasteiger partial charge in [-0.15, -0.1) is 0 Å². The van der Waals surface area contributed by atoms with Crippen molar-refractivity contribution >= 4 is 11.9 Å². The number of rotatable bonds is 2. The maximum absolute atomic E-state index is 13.2. The molecular weight excluding hydrogens is 326 g/mol. The van der Waals surface area contributed by atoms with Crippen molar-refractivity contribution in [1.82, 2.24) is 4.90 Å². The summed E-state index contributed by atoms with van der Waals surface area (Å²) < 4.78 is 5.59. The van der Waals surface area contributed by atoms with E-state index < -0.39 is 5.60 Å². The van der Waals surface area contributed by atoms with Crippen molar-refractivity contribution in [1.29, 1.82) is 0 Å². The molecule has 0 saturated carbocycles. The zero-order valence-electron chi connectivity index (χ0n) is 16.9. The summed E-state index contributed by atoms with van der Waals surface area (Å²) in [7, 11) is 0. The molecule has 2 fully saturated rings. The van der Waals surface area contributed by atoms with Crippen LogP contribution in [-0.2, 0) is 4.74 Å². The number of nitrogens with zero attached hydrogens (tertiary/aromatic N) is 1. The second-order valence-electron chi connectivity index (χ2n) is 9.08. The zero-order chi connectivity index (χ0) is 19.2. The molecule has 26 heavy (non-hydrogen) atoms. The second kappa shape index (κ2) is 6.71. The molecule has 0 aliphatic carbocycles. The van der Waals surface area contributed by atoms with Crippen molar-refractivity contribution in [3.63, 3.8) is 0 Å². The van der Waals surface area contributed by atoms with E-state index in [-0.39, 0.29) is 29.9 Å². The number of hydrogen-bond acceptors (Lipinski definition) is 3. The first-order valence-electron chi connectivity index (χ1n) is 9.70. The Bertz CT molecular complexity index is 694. The molecule has 1 aromatic carbocycles. The summed E-state index contributed by atoms with van der Waals surface area (Å²) >= 11 is 0. The molecule has 0 N–H and O–H groups in total. The summed E-state index contributed by atoms with van der Waals surface area (Å²) in [6.45, 7) is 11.8. The van der Waals surface area contributed by atoms with Gasteiger partial charge in [-0.05, 0) is 78.4 Å². The molecule has 0 spiro atoms. The van der Waals surface area contributed by atoms with Gasteiger partial charge in [0.05, 0.1) is 0 Å². The number of ketones is 1. The molecule has 0 aromatic heterocycles. The van der Waals surface area contributed by atoms with Crippen LogP contribution in [0.2, 0.25) is 0 Å². The zero-order valence-corrected chi connectivity index (χ0v) is 16.9. The smallest absolute Gasteiger partial charge is 0.410 e. The number of aryl methyl sites for hydroxylation is 3. The highest BCUT2D eigenvalue weighted by Gasteiger charge is 2.46. The summed E-state index contributed by atoms with van der Waals surface area (Å²) in [5, 5.41) is 0. The minimum absolute atomic E-state index is 0.00583. The Balaban J connectivity index is 1.77. The Morgan fingerprint density at radius 3 is 1.96 bits per heavy atom. The fourth-order valence-corrected chi connectivity index (χ4v) is 4.78. The number of fused-ring (bicyclic) bond motifs is 2. The molecule has 2 bridgehead atoms. The predicted octanol–water partition coefficient (Wildman–Crippen LogP) is 4.97. The van der Waals surface area contributed by atoms with Crippen molar-refractivity contribution in [3.05, 3.63) is 34.4 Å². The number of piperidine rings is 1. The van der Waals surface area contributed by atoms with Crippen LogP contribution in [0.25, 0.3) is 0 Å². The molecule has 2 heterocycles. The maximum atomic E-state index is 13.2. The fraction of sp³-hybridized carbons (Fsp3) is 0.636. The molecule has 4 heteroatoms. The molecule has 1 aromatic rings. The predicted molar refractivity (Wildman–Crippen MR) is 103 cm³/mol. The lowest BCUT2D eigenvalue weighted by Crippen LogP contribution is -2.49. The Hall–Kier alpha value is -1.84. The highest BCUT2D eigenvalue weighted by molar-refractivity contribution is 6.00. The number of benzene rings is 1. The summed E-state index contributed by atoms with van der Waals surface area (Å²) in [5.74, 6) is 0.257. The SMILES string of the molecule is Cc1cc(C)c(C(=O)C2CC3CCC(C2)N3C(=O)OC(C)(C)C)c(C)c1. The Morgan fingerprint density at radius 2 is 1.50 bits per heavy atom. The van der Waals surface area contributed by atoms with Crippen LogP contribution in [0.5, 0.6) is 0 Å². The van der Waals surface area contributed by atoms with Crippen molar-refractivity contribution in [2.24, 2.45) is 5.92 Å². The Kier molecular flexibility index (Phi) is 4.89. The topological polar surface area (TPSA) is 46.6 Å². The van der Waals surface area contributed by atoms with Gasteiger partial charge >= 0.3 is 6.09 Å². The van der Waals surface area contributed by atoms with Crippen LogP contribution in [0, 0.1) is 26.7 Å². The number of carbonyl (C=O) groups excluding carboxylic acids is 2. The number of carbonyl (C=O) groups is 2. The normalized spacial score (nSPS) is 25.3. The number of hydrogen-bond donors (Lipinski definition) is 0. The Labute approximate surface area is 156 Å². The van der Waals surface area contributed by atoms with Crippen LogP contribution in [0.15, 0.2) is 12.1 Å². The summed E-state index contributed by atoms with van der Waals surface area (Å²) in [4.78, 5) is 27.7. The average molecular weight is 357 g/mol. The van der Waals surface area contributed by atoms with E-state index in [2.05, 4.69) is 19.1 Å². The van der Waals surface area contributed by atoms with E-state index in [1.807, 2.05) is 39.5 Å². The number of Topliss-reactive ketones (excluding diaryl/α,β-unsaturated/α-hetero) is 1. The fourth-order valence-electron chi connectivity index (χ4n) is 4.78. The van der Waals surface area contributed by atoms with Crippen LogP contribution < -0.4 is 0 Å². The molecule has 2 aliphatic rings. The molecule has 2 unspecified atom stereocenters. The van der Waals surface area contributed by atoms with Crippen LogP contribution >= 0.6 is 0 Å². The van der Waals surface area contributed by atoms with Gasteiger partial charge in [-0.3, -0.25) is 4.79 Å². The van der Waals surface area contributed by atoms with Crippen LogP contribution in [0.1, 0.15) is 73.5 Å². The Morgan fingerprint density at radius 1 is 1.00 bits per heavy atom. The first-order chi connectivity index (χ1) is 12.1.